The van der Waals surface area contributed by atoms with Crippen molar-refractivity contribution in [2.75, 3.05) is 39.9 Å². The van der Waals surface area contributed by atoms with E-state index in [9.17, 15) is 9.59 Å². The van der Waals surface area contributed by atoms with Gasteiger partial charge in [0, 0.05) is 44.1 Å². The summed E-state index contributed by atoms with van der Waals surface area (Å²) in [7, 11) is 2.09. The molecule has 152 valence electrons. The molecule has 0 unspecified atom stereocenters. The van der Waals surface area contributed by atoms with Crippen LogP contribution in [0, 0.1) is 5.92 Å². The normalized spacial score (nSPS) is 25.7. The minimum absolute atomic E-state index is 0.0582. The number of morpholine rings is 1. The number of nitrogens with zero attached hydrogens (tertiary/aromatic N) is 2. The van der Waals surface area contributed by atoms with Gasteiger partial charge in [-0.25, -0.2) is 0 Å². The lowest BCUT2D eigenvalue weighted by Crippen LogP contribution is -2.45. The molecule has 2 atom stereocenters. The predicted molar refractivity (Wildman–Crippen MR) is 107 cm³/mol. The van der Waals surface area contributed by atoms with Gasteiger partial charge in [0.2, 0.25) is 11.8 Å². The van der Waals surface area contributed by atoms with Crippen LogP contribution in [0.1, 0.15) is 30.4 Å². The van der Waals surface area contributed by atoms with Crippen LogP contribution in [0.2, 0.25) is 0 Å². The molecule has 2 heterocycles. The number of likely N-dealkylation sites (tertiary alicyclic amines) is 1. The van der Waals surface area contributed by atoms with Crippen LogP contribution in [-0.2, 0) is 27.2 Å². The molecule has 6 heteroatoms. The fraction of sp³-hybridized carbons (Fsp3) is 0.636. The zero-order valence-electron chi connectivity index (χ0n) is 16.7. The number of carbonyl (C=O) groups excluding carboxylic acids is 2. The lowest BCUT2D eigenvalue weighted by atomic mass is 10.1. The zero-order valence-corrected chi connectivity index (χ0v) is 16.7. The SMILES string of the molecule is CN1[C@@H](CC(=O)N2CCOCC2)CC[C@H]1CNC(=O)C1Cc2ccccc2C1. The van der Waals surface area contributed by atoms with Gasteiger partial charge in [0.1, 0.15) is 0 Å². The van der Waals surface area contributed by atoms with E-state index in [1.165, 1.54) is 11.1 Å². The van der Waals surface area contributed by atoms with Crippen molar-refractivity contribution in [3.8, 4) is 0 Å². The number of fused-ring (bicyclic) bond motifs is 1. The molecular weight excluding hydrogens is 354 g/mol. The fourth-order valence-electron chi connectivity index (χ4n) is 4.83. The summed E-state index contributed by atoms with van der Waals surface area (Å²) < 4.78 is 5.33. The summed E-state index contributed by atoms with van der Waals surface area (Å²) in [5, 5.41) is 3.18. The maximum Gasteiger partial charge on any atom is 0.224 e. The van der Waals surface area contributed by atoms with E-state index in [2.05, 4.69) is 29.4 Å². The Kier molecular flexibility index (Phi) is 5.97. The molecule has 0 bridgehead atoms. The summed E-state index contributed by atoms with van der Waals surface area (Å²) in [4.78, 5) is 29.4. The first kappa shape index (κ1) is 19.4. The minimum Gasteiger partial charge on any atom is -0.378 e. The van der Waals surface area contributed by atoms with Crippen LogP contribution in [0.25, 0.3) is 0 Å². The predicted octanol–water partition coefficient (Wildman–Crippen LogP) is 1.23. The molecule has 28 heavy (non-hydrogen) atoms. The highest BCUT2D eigenvalue weighted by Crippen LogP contribution is 2.27. The highest BCUT2D eigenvalue weighted by Gasteiger charge is 2.34. The molecule has 2 saturated heterocycles. The van der Waals surface area contributed by atoms with Crippen LogP contribution >= 0.6 is 0 Å². The Balaban J connectivity index is 1.23. The van der Waals surface area contributed by atoms with Gasteiger partial charge in [-0.1, -0.05) is 24.3 Å². The van der Waals surface area contributed by atoms with Gasteiger partial charge >= 0.3 is 0 Å². The Hall–Kier alpha value is -1.92. The molecule has 0 saturated carbocycles. The molecule has 6 nitrogen and oxygen atoms in total. The van der Waals surface area contributed by atoms with Crippen molar-refractivity contribution in [2.45, 2.75) is 44.2 Å². The third kappa shape index (κ3) is 4.23. The number of carbonyl (C=O) groups is 2. The average molecular weight is 386 g/mol. The van der Waals surface area contributed by atoms with Gasteiger partial charge in [0.15, 0.2) is 0 Å². The van der Waals surface area contributed by atoms with E-state index in [-0.39, 0.29) is 23.8 Å². The minimum atomic E-state index is 0.0582. The standard InChI is InChI=1S/C22H31N3O3/c1-24-19(14-21(26)25-8-10-28-11-9-25)6-7-20(24)15-23-22(27)18-12-16-4-2-3-5-17(16)13-18/h2-5,18-20H,6-15H2,1H3,(H,23,27)/t19-,20+/m1/s1. The zero-order chi connectivity index (χ0) is 19.5. The number of hydrogen-bond donors (Lipinski definition) is 1. The van der Waals surface area contributed by atoms with Crippen molar-refractivity contribution < 1.29 is 14.3 Å². The van der Waals surface area contributed by atoms with E-state index in [1.54, 1.807) is 0 Å². The Morgan fingerprint density at radius 1 is 1.07 bits per heavy atom. The molecule has 1 aromatic rings. The number of amides is 2. The third-order valence-electron chi connectivity index (χ3n) is 6.69. The van der Waals surface area contributed by atoms with E-state index < -0.39 is 0 Å². The Labute approximate surface area is 167 Å². The van der Waals surface area contributed by atoms with E-state index in [1.807, 2.05) is 17.0 Å². The molecule has 2 aliphatic heterocycles. The molecule has 2 amide bonds. The van der Waals surface area contributed by atoms with E-state index in [4.69, 9.17) is 4.74 Å². The molecule has 2 fully saturated rings. The summed E-state index contributed by atoms with van der Waals surface area (Å²) in [6.07, 6.45) is 4.31. The number of likely N-dealkylation sites (N-methyl/N-ethyl adjacent to an activating group) is 1. The Bertz CT molecular complexity index is 692. The largest absolute Gasteiger partial charge is 0.378 e. The van der Waals surface area contributed by atoms with Crippen LogP contribution < -0.4 is 5.32 Å². The fourth-order valence-corrected chi connectivity index (χ4v) is 4.83. The molecule has 0 aromatic heterocycles. The van der Waals surface area contributed by atoms with Gasteiger partial charge in [-0.2, -0.15) is 0 Å². The first-order chi connectivity index (χ1) is 13.6. The van der Waals surface area contributed by atoms with Crippen molar-refractivity contribution in [3.63, 3.8) is 0 Å². The lowest BCUT2D eigenvalue weighted by Gasteiger charge is -2.30. The summed E-state index contributed by atoms with van der Waals surface area (Å²) in [5.41, 5.74) is 2.62. The molecule has 3 aliphatic rings. The van der Waals surface area contributed by atoms with Gasteiger partial charge in [-0.05, 0) is 43.9 Å². The molecular formula is C22H31N3O3. The quantitative estimate of drug-likeness (QED) is 0.828. The van der Waals surface area contributed by atoms with Crippen LogP contribution in [0.3, 0.4) is 0 Å². The molecule has 4 rings (SSSR count). The van der Waals surface area contributed by atoms with Crippen molar-refractivity contribution in [1.82, 2.24) is 15.1 Å². The third-order valence-corrected chi connectivity index (χ3v) is 6.69. The summed E-state index contributed by atoms with van der Waals surface area (Å²) in [6.45, 7) is 3.37. The number of hydrogen-bond acceptors (Lipinski definition) is 4. The van der Waals surface area contributed by atoms with Crippen LogP contribution in [0.4, 0.5) is 0 Å². The molecule has 0 spiro atoms. The lowest BCUT2D eigenvalue weighted by molar-refractivity contribution is -0.136. The second kappa shape index (κ2) is 8.62. The second-order valence-electron chi connectivity index (χ2n) is 8.37. The van der Waals surface area contributed by atoms with Crippen LogP contribution in [0.15, 0.2) is 24.3 Å². The van der Waals surface area contributed by atoms with Crippen molar-refractivity contribution in [2.24, 2.45) is 5.92 Å². The number of ether oxygens (including phenoxy) is 1. The van der Waals surface area contributed by atoms with E-state index >= 15 is 0 Å². The molecule has 1 aromatic carbocycles. The molecule has 1 N–H and O–H groups in total. The van der Waals surface area contributed by atoms with Crippen molar-refractivity contribution in [3.05, 3.63) is 35.4 Å². The monoisotopic (exact) mass is 385 g/mol. The number of rotatable bonds is 5. The van der Waals surface area contributed by atoms with Crippen molar-refractivity contribution >= 4 is 11.8 Å². The Morgan fingerprint density at radius 3 is 2.39 bits per heavy atom. The van der Waals surface area contributed by atoms with Crippen LogP contribution in [0.5, 0.6) is 0 Å². The first-order valence-corrected chi connectivity index (χ1v) is 10.5. The molecule has 1 aliphatic carbocycles. The highest BCUT2D eigenvalue weighted by molar-refractivity contribution is 5.80. The van der Waals surface area contributed by atoms with Gasteiger partial charge in [-0.3, -0.25) is 14.5 Å². The summed E-state index contributed by atoms with van der Waals surface area (Å²) in [6, 6.07) is 8.94. The Morgan fingerprint density at radius 2 is 1.71 bits per heavy atom. The smallest absolute Gasteiger partial charge is 0.224 e. The topological polar surface area (TPSA) is 61.9 Å². The van der Waals surface area contributed by atoms with Crippen molar-refractivity contribution in [1.29, 1.82) is 0 Å². The van der Waals surface area contributed by atoms with E-state index in [0.717, 1.165) is 25.7 Å². The first-order valence-electron chi connectivity index (χ1n) is 10.5. The summed E-state index contributed by atoms with van der Waals surface area (Å²) in [5.74, 6) is 0.453. The molecule has 0 radical (unpaired) electrons. The van der Waals surface area contributed by atoms with Crippen LogP contribution in [-0.4, -0.2) is 73.6 Å². The van der Waals surface area contributed by atoms with Gasteiger partial charge in [0.25, 0.3) is 0 Å². The van der Waals surface area contributed by atoms with Gasteiger partial charge in [0.05, 0.1) is 13.2 Å². The number of nitrogens with one attached hydrogen (secondary N) is 1. The van der Waals surface area contributed by atoms with Gasteiger partial charge < -0.3 is 15.0 Å². The maximum absolute atomic E-state index is 12.6. The van der Waals surface area contributed by atoms with E-state index in [0.29, 0.717) is 45.3 Å². The summed E-state index contributed by atoms with van der Waals surface area (Å²) >= 11 is 0. The highest BCUT2D eigenvalue weighted by atomic mass is 16.5. The average Bonchev–Trinajstić information content (AvgIpc) is 3.31. The maximum atomic E-state index is 12.6. The number of benzene rings is 1. The van der Waals surface area contributed by atoms with Gasteiger partial charge in [-0.15, -0.1) is 0 Å². The second-order valence-corrected chi connectivity index (χ2v) is 8.37.